The molecule has 2 N–H and O–H groups in total. The van der Waals surface area contributed by atoms with Crippen LogP contribution < -0.4 is 10.6 Å². The standard InChI is InChI=1S/C16H21N3/c1-4-19(14-9-7-12(2)8-10-14)16-15(13(3)17)6-5-11-18-16/h5-11,13H,4,17H2,1-3H3/t13-/m1/s1. The van der Waals surface area contributed by atoms with Gasteiger partial charge in [0.2, 0.25) is 0 Å². The monoisotopic (exact) mass is 255 g/mol. The van der Waals surface area contributed by atoms with Crippen LogP contribution in [0.2, 0.25) is 0 Å². The molecule has 0 unspecified atom stereocenters. The fraction of sp³-hybridized carbons (Fsp3) is 0.312. The Balaban J connectivity index is 2.45. The Morgan fingerprint density at radius 3 is 2.47 bits per heavy atom. The summed E-state index contributed by atoms with van der Waals surface area (Å²) in [6.07, 6.45) is 1.82. The predicted octanol–water partition coefficient (Wildman–Crippen LogP) is 3.57. The molecule has 0 fully saturated rings. The Labute approximate surface area is 115 Å². The first-order chi connectivity index (χ1) is 9.13. The number of pyridine rings is 1. The average molecular weight is 255 g/mol. The van der Waals surface area contributed by atoms with E-state index in [4.69, 9.17) is 5.73 Å². The summed E-state index contributed by atoms with van der Waals surface area (Å²) in [6, 6.07) is 12.4. The molecule has 0 aliphatic carbocycles. The summed E-state index contributed by atoms with van der Waals surface area (Å²) in [5.74, 6) is 0.948. The molecular formula is C16H21N3. The van der Waals surface area contributed by atoms with Gasteiger partial charge in [0.1, 0.15) is 5.82 Å². The Bertz CT molecular complexity index is 532. The third-order valence-electron chi connectivity index (χ3n) is 3.22. The molecule has 0 amide bonds. The van der Waals surface area contributed by atoms with Crippen LogP contribution in [0.3, 0.4) is 0 Å². The van der Waals surface area contributed by atoms with Crippen LogP contribution in [0.1, 0.15) is 31.0 Å². The molecule has 0 aliphatic rings. The first-order valence-electron chi connectivity index (χ1n) is 6.68. The molecule has 100 valence electrons. The number of hydrogen-bond donors (Lipinski definition) is 1. The molecule has 0 aliphatic heterocycles. The van der Waals surface area contributed by atoms with Crippen molar-refractivity contribution in [3.8, 4) is 0 Å². The van der Waals surface area contributed by atoms with Gasteiger partial charge in [0, 0.05) is 30.0 Å². The van der Waals surface area contributed by atoms with Crippen molar-refractivity contribution in [3.05, 3.63) is 53.7 Å². The highest BCUT2D eigenvalue weighted by atomic mass is 15.2. The predicted molar refractivity (Wildman–Crippen MR) is 80.7 cm³/mol. The van der Waals surface area contributed by atoms with Crippen molar-refractivity contribution in [2.75, 3.05) is 11.4 Å². The van der Waals surface area contributed by atoms with Gasteiger partial charge in [-0.05, 0) is 39.0 Å². The van der Waals surface area contributed by atoms with Gasteiger partial charge in [0.25, 0.3) is 0 Å². The second-order valence-electron chi connectivity index (χ2n) is 4.78. The molecule has 0 spiro atoms. The van der Waals surface area contributed by atoms with Gasteiger partial charge in [-0.3, -0.25) is 0 Å². The fourth-order valence-corrected chi connectivity index (χ4v) is 2.17. The van der Waals surface area contributed by atoms with Crippen molar-refractivity contribution in [3.63, 3.8) is 0 Å². The number of hydrogen-bond acceptors (Lipinski definition) is 3. The molecule has 0 radical (unpaired) electrons. The molecule has 0 saturated carbocycles. The van der Waals surface area contributed by atoms with Crippen molar-refractivity contribution in [1.29, 1.82) is 0 Å². The molecule has 1 aromatic heterocycles. The maximum Gasteiger partial charge on any atom is 0.137 e. The van der Waals surface area contributed by atoms with E-state index in [0.29, 0.717) is 0 Å². The molecule has 0 saturated heterocycles. The van der Waals surface area contributed by atoms with E-state index < -0.39 is 0 Å². The lowest BCUT2D eigenvalue weighted by molar-refractivity contribution is 0.801. The zero-order valence-electron chi connectivity index (χ0n) is 11.8. The van der Waals surface area contributed by atoms with Crippen molar-refractivity contribution >= 4 is 11.5 Å². The molecule has 1 atom stereocenters. The molecule has 2 rings (SSSR count). The molecule has 3 heteroatoms. The van der Waals surface area contributed by atoms with Crippen LogP contribution in [0, 0.1) is 6.92 Å². The number of nitrogens with two attached hydrogens (primary N) is 1. The van der Waals surface area contributed by atoms with Crippen LogP contribution in [-0.4, -0.2) is 11.5 Å². The van der Waals surface area contributed by atoms with Gasteiger partial charge in [-0.1, -0.05) is 23.8 Å². The summed E-state index contributed by atoms with van der Waals surface area (Å²) < 4.78 is 0. The van der Waals surface area contributed by atoms with Gasteiger partial charge in [0.15, 0.2) is 0 Å². The number of aryl methyl sites for hydroxylation is 1. The number of aromatic nitrogens is 1. The highest BCUT2D eigenvalue weighted by molar-refractivity contribution is 5.63. The van der Waals surface area contributed by atoms with E-state index in [-0.39, 0.29) is 6.04 Å². The number of rotatable bonds is 4. The summed E-state index contributed by atoms with van der Waals surface area (Å²) >= 11 is 0. The van der Waals surface area contributed by atoms with Gasteiger partial charge in [-0.15, -0.1) is 0 Å². The van der Waals surface area contributed by atoms with E-state index in [0.717, 1.165) is 23.6 Å². The average Bonchev–Trinajstić information content (AvgIpc) is 2.42. The van der Waals surface area contributed by atoms with E-state index in [9.17, 15) is 0 Å². The topological polar surface area (TPSA) is 42.2 Å². The lowest BCUT2D eigenvalue weighted by atomic mass is 10.1. The minimum atomic E-state index is -0.0248. The van der Waals surface area contributed by atoms with Crippen molar-refractivity contribution in [2.45, 2.75) is 26.8 Å². The van der Waals surface area contributed by atoms with Crippen molar-refractivity contribution in [1.82, 2.24) is 4.98 Å². The first kappa shape index (κ1) is 13.6. The SMILES string of the molecule is CCN(c1ccc(C)cc1)c1ncccc1[C@@H](C)N. The lowest BCUT2D eigenvalue weighted by Gasteiger charge is -2.25. The summed E-state index contributed by atoms with van der Waals surface area (Å²) in [7, 11) is 0. The molecule has 0 bridgehead atoms. The summed E-state index contributed by atoms with van der Waals surface area (Å²) in [5, 5.41) is 0. The van der Waals surface area contributed by atoms with E-state index in [1.54, 1.807) is 0 Å². The quantitative estimate of drug-likeness (QED) is 0.908. The molecule has 3 nitrogen and oxygen atoms in total. The van der Waals surface area contributed by atoms with E-state index in [1.807, 2.05) is 25.3 Å². The van der Waals surface area contributed by atoms with Crippen LogP contribution in [-0.2, 0) is 0 Å². The van der Waals surface area contributed by atoms with Crippen LogP contribution in [0.4, 0.5) is 11.5 Å². The van der Waals surface area contributed by atoms with Crippen LogP contribution in [0.15, 0.2) is 42.6 Å². The molecular weight excluding hydrogens is 234 g/mol. The Hall–Kier alpha value is -1.87. The van der Waals surface area contributed by atoms with E-state index in [1.165, 1.54) is 5.56 Å². The largest absolute Gasteiger partial charge is 0.326 e. The summed E-state index contributed by atoms with van der Waals surface area (Å²) in [5.41, 5.74) is 9.52. The zero-order valence-corrected chi connectivity index (χ0v) is 11.8. The van der Waals surface area contributed by atoms with Crippen LogP contribution >= 0.6 is 0 Å². The fourth-order valence-electron chi connectivity index (χ4n) is 2.17. The van der Waals surface area contributed by atoms with Gasteiger partial charge in [-0.2, -0.15) is 0 Å². The second kappa shape index (κ2) is 5.85. The Morgan fingerprint density at radius 2 is 1.89 bits per heavy atom. The number of benzene rings is 1. The number of nitrogens with zero attached hydrogens (tertiary/aromatic N) is 2. The number of anilines is 2. The Morgan fingerprint density at radius 1 is 1.21 bits per heavy atom. The highest BCUT2D eigenvalue weighted by Crippen LogP contribution is 2.29. The zero-order chi connectivity index (χ0) is 13.8. The normalized spacial score (nSPS) is 12.2. The molecule has 1 heterocycles. The third kappa shape index (κ3) is 2.93. The smallest absolute Gasteiger partial charge is 0.137 e. The first-order valence-corrected chi connectivity index (χ1v) is 6.68. The maximum atomic E-state index is 6.04. The second-order valence-corrected chi connectivity index (χ2v) is 4.78. The van der Waals surface area contributed by atoms with Gasteiger partial charge >= 0.3 is 0 Å². The van der Waals surface area contributed by atoms with Gasteiger partial charge in [0.05, 0.1) is 0 Å². The minimum absolute atomic E-state index is 0.0248. The maximum absolute atomic E-state index is 6.04. The van der Waals surface area contributed by atoms with Gasteiger partial charge < -0.3 is 10.6 Å². The van der Waals surface area contributed by atoms with Gasteiger partial charge in [-0.25, -0.2) is 4.98 Å². The van der Waals surface area contributed by atoms with Crippen molar-refractivity contribution < 1.29 is 0 Å². The lowest BCUT2D eigenvalue weighted by Crippen LogP contribution is -2.21. The van der Waals surface area contributed by atoms with Crippen LogP contribution in [0.5, 0.6) is 0 Å². The minimum Gasteiger partial charge on any atom is -0.326 e. The van der Waals surface area contributed by atoms with Crippen molar-refractivity contribution in [2.24, 2.45) is 5.73 Å². The molecule has 2 aromatic rings. The summed E-state index contributed by atoms with van der Waals surface area (Å²) in [4.78, 5) is 6.71. The van der Waals surface area contributed by atoms with E-state index in [2.05, 4.69) is 48.0 Å². The summed E-state index contributed by atoms with van der Waals surface area (Å²) in [6.45, 7) is 7.07. The van der Waals surface area contributed by atoms with Crippen LogP contribution in [0.25, 0.3) is 0 Å². The third-order valence-corrected chi connectivity index (χ3v) is 3.22. The molecule has 1 aromatic carbocycles. The Kier molecular flexibility index (Phi) is 4.17. The highest BCUT2D eigenvalue weighted by Gasteiger charge is 2.14. The molecule has 19 heavy (non-hydrogen) atoms. The van der Waals surface area contributed by atoms with E-state index >= 15 is 0 Å².